The van der Waals surface area contributed by atoms with E-state index in [9.17, 15) is 9.18 Å². The van der Waals surface area contributed by atoms with E-state index in [-0.39, 0.29) is 23.5 Å². The average Bonchev–Trinajstić information content (AvgIpc) is 3.15. The number of halogens is 1. The minimum absolute atomic E-state index is 0.0715. The Morgan fingerprint density at radius 1 is 1.19 bits per heavy atom. The first-order valence-corrected chi connectivity index (χ1v) is 9.74. The minimum Gasteiger partial charge on any atom is -0.353 e. The molecule has 1 heterocycles. The zero-order valence-electron chi connectivity index (χ0n) is 15.0. The maximum atomic E-state index is 13.8. The second-order valence-electron chi connectivity index (χ2n) is 6.23. The van der Waals surface area contributed by atoms with Gasteiger partial charge in [-0.05, 0) is 37.5 Å². The number of thioether (sulfide) groups is 1. The van der Waals surface area contributed by atoms with Crippen LogP contribution < -0.4 is 5.32 Å². The van der Waals surface area contributed by atoms with Gasteiger partial charge in [0.05, 0.1) is 11.3 Å². The van der Waals surface area contributed by atoms with Gasteiger partial charge in [0, 0.05) is 6.04 Å². The Kier molecular flexibility index (Phi) is 6.59. The quantitative estimate of drug-likeness (QED) is 0.579. The molecule has 1 aromatic heterocycles. The number of aromatic nitrogens is 3. The molecule has 2 aromatic carbocycles. The lowest BCUT2D eigenvalue weighted by Gasteiger charge is -2.13. The summed E-state index contributed by atoms with van der Waals surface area (Å²) in [6.07, 6.45) is 1.79. The topological polar surface area (TPSA) is 70.7 Å². The molecule has 27 heavy (non-hydrogen) atoms. The maximum absolute atomic E-state index is 13.8. The molecule has 1 amide bonds. The lowest BCUT2D eigenvalue weighted by molar-refractivity contribution is -0.119. The normalized spacial score (nSPS) is 11.9. The smallest absolute Gasteiger partial charge is 0.230 e. The van der Waals surface area contributed by atoms with Gasteiger partial charge in [-0.15, -0.1) is 5.10 Å². The molecule has 3 aromatic rings. The van der Waals surface area contributed by atoms with E-state index in [1.165, 1.54) is 23.4 Å². The number of benzene rings is 2. The molecule has 0 aliphatic heterocycles. The second-order valence-corrected chi connectivity index (χ2v) is 7.17. The van der Waals surface area contributed by atoms with Gasteiger partial charge in [-0.3, -0.25) is 9.89 Å². The molecule has 2 N–H and O–H groups in total. The molecule has 0 saturated heterocycles. The summed E-state index contributed by atoms with van der Waals surface area (Å²) in [6, 6.07) is 16.6. The SMILES string of the molecule is C[C@@H](CCc1ccccc1)NC(=O)CSc1n[nH]c(-c2ccccc2F)n1. The van der Waals surface area contributed by atoms with Gasteiger partial charge in [-0.2, -0.15) is 0 Å². The molecule has 1 atom stereocenters. The Morgan fingerprint density at radius 3 is 2.70 bits per heavy atom. The number of hydrogen-bond acceptors (Lipinski definition) is 4. The van der Waals surface area contributed by atoms with Gasteiger partial charge in [0.1, 0.15) is 5.82 Å². The second kappa shape index (κ2) is 9.32. The summed E-state index contributed by atoms with van der Waals surface area (Å²) in [6.45, 7) is 1.99. The van der Waals surface area contributed by atoms with Crippen molar-refractivity contribution < 1.29 is 9.18 Å². The van der Waals surface area contributed by atoms with Gasteiger partial charge in [-0.1, -0.05) is 54.2 Å². The fourth-order valence-electron chi connectivity index (χ4n) is 2.63. The molecule has 0 spiro atoms. The highest BCUT2D eigenvalue weighted by atomic mass is 32.2. The van der Waals surface area contributed by atoms with Crippen LogP contribution in [0.15, 0.2) is 59.8 Å². The van der Waals surface area contributed by atoms with Crippen LogP contribution in [0.5, 0.6) is 0 Å². The standard InChI is InChI=1S/C20H21FN4OS/c1-14(11-12-15-7-3-2-4-8-15)22-18(26)13-27-20-23-19(24-25-20)16-9-5-6-10-17(16)21/h2-10,14H,11-13H2,1H3,(H,22,26)(H,23,24,25)/t14-/m0/s1. The Labute approximate surface area is 161 Å². The van der Waals surface area contributed by atoms with Crippen LogP contribution in [0.4, 0.5) is 4.39 Å². The molecule has 0 saturated carbocycles. The number of nitrogens with one attached hydrogen (secondary N) is 2. The van der Waals surface area contributed by atoms with E-state index in [0.29, 0.717) is 16.5 Å². The van der Waals surface area contributed by atoms with Gasteiger partial charge < -0.3 is 5.32 Å². The van der Waals surface area contributed by atoms with Crippen molar-refractivity contribution in [2.75, 3.05) is 5.75 Å². The van der Waals surface area contributed by atoms with Crippen LogP contribution in [0.1, 0.15) is 18.9 Å². The molecule has 7 heteroatoms. The summed E-state index contributed by atoms with van der Waals surface area (Å²) in [5.74, 6) is 0.129. The highest BCUT2D eigenvalue weighted by Crippen LogP contribution is 2.21. The predicted molar refractivity (Wildman–Crippen MR) is 105 cm³/mol. The lowest BCUT2D eigenvalue weighted by Crippen LogP contribution is -2.34. The summed E-state index contributed by atoms with van der Waals surface area (Å²) in [7, 11) is 0. The van der Waals surface area contributed by atoms with Crippen LogP contribution in [0.3, 0.4) is 0 Å². The summed E-state index contributed by atoms with van der Waals surface area (Å²) in [4.78, 5) is 16.4. The Morgan fingerprint density at radius 2 is 1.93 bits per heavy atom. The number of amides is 1. The molecule has 0 aliphatic carbocycles. The van der Waals surface area contributed by atoms with E-state index >= 15 is 0 Å². The molecule has 0 radical (unpaired) electrons. The van der Waals surface area contributed by atoms with Crippen LogP contribution in [-0.2, 0) is 11.2 Å². The van der Waals surface area contributed by atoms with Gasteiger partial charge >= 0.3 is 0 Å². The molecule has 5 nitrogen and oxygen atoms in total. The first-order chi connectivity index (χ1) is 13.1. The molecular weight excluding hydrogens is 363 g/mol. The number of rotatable bonds is 8. The molecule has 3 rings (SSSR count). The molecule has 140 valence electrons. The first-order valence-electron chi connectivity index (χ1n) is 8.75. The van der Waals surface area contributed by atoms with E-state index < -0.39 is 0 Å². The van der Waals surface area contributed by atoms with Crippen molar-refractivity contribution in [3.63, 3.8) is 0 Å². The number of nitrogens with zero attached hydrogens (tertiary/aromatic N) is 2. The van der Waals surface area contributed by atoms with Crippen molar-refractivity contribution in [1.82, 2.24) is 20.5 Å². The summed E-state index contributed by atoms with van der Waals surface area (Å²) in [5.41, 5.74) is 1.62. The van der Waals surface area contributed by atoms with Crippen LogP contribution in [0, 0.1) is 5.82 Å². The van der Waals surface area contributed by atoms with E-state index in [4.69, 9.17) is 0 Å². The minimum atomic E-state index is -0.366. The Hall–Kier alpha value is -2.67. The zero-order chi connectivity index (χ0) is 19.1. The Bertz CT molecular complexity index is 884. The lowest BCUT2D eigenvalue weighted by atomic mass is 10.1. The molecule has 0 unspecified atom stereocenters. The highest BCUT2D eigenvalue weighted by molar-refractivity contribution is 7.99. The predicted octanol–water partition coefficient (Wildman–Crippen LogP) is 3.84. The van der Waals surface area contributed by atoms with Crippen LogP contribution in [0.25, 0.3) is 11.4 Å². The van der Waals surface area contributed by atoms with Crippen LogP contribution >= 0.6 is 11.8 Å². The van der Waals surface area contributed by atoms with E-state index in [2.05, 4.69) is 32.6 Å². The largest absolute Gasteiger partial charge is 0.353 e. The van der Waals surface area contributed by atoms with Gasteiger partial charge in [0.15, 0.2) is 5.82 Å². The highest BCUT2D eigenvalue weighted by Gasteiger charge is 2.13. The number of carbonyl (C=O) groups excluding carboxylic acids is 1. The summed E-state index contributed by atoms with van der Waals surface area (Å²) in [5, 5.41) is 10.2. The number of aryl methyl sites for hydroxylation is 1. The molecular formula is C20H21FN4OS. The third kappa shape index (κ3) is 5.65. The van der Waals surface area contributed by atoms with Gasteiger partial charge in [0.25, 0.3) is 0 Å². The number of H-pyrrole nitrogens is 1. The first kappa shape index (κ1) is 19.1. The molecule has 0 fully saturated rings. The van der Waals surface area contributed by atoms with E-state index in [1.54, 1.807) is 18.2 Å². The van der Waals surface area contributed by atoms with E-state index in [1.807, 2.05) is 25.1 Å². The summed E-state index contributed by atoms with van der Waals surface area (Å²) < 4.78 is 13.8. The Balaban J connectivity index is 1.45. The van der Waals surface area contributed by atoms with Crippen molar-refractivity contribution in [3.05, 3.63) is 66.0 Å². The van der Waals surface area contributed by atoms with Crippen molar-refractivity contribution in [2.45, 2.75) is 31.0 Å². The third-order valence-electron chi connectivity index (χ3n) is 4.04. The van der Waals surface area contributed by atoms with Gasteiger partial charge in [-0.25, -0.2) is 9.37 Å². The third-order valence-corrected chi connectivity index (χ3v) is 4.89. The fraction of sp³-hybridized carbons (Fsp3) is 0.250. The van der Waals surface area contributed by atoms with Crippen LogP contribution in [0.2, 0.25) is 0 Å². The number of hydrogen-bond donors (Lipinski definition) is 2. The van der Waals surface area contributed by atoms with Crippen LogP contribution in [-0.4, -0.2) is 32.9 Å². The van der Waals surface area contributed by atoms with Crippen molar-refractivity contribution in [3.8, 4) is 11.4 Å². The summed E-state index contributed by atoms with van der Waals surface area (Å²) >= 11 is 1.22. The van der Waals surface area contributed by atoms with Crippen molar-refractivity contribution in [1.29, 1.82) is 0 Å². The zero-order valence-corrected chi connectivity index (χ0v) is 15.8. The monoisotopic (exact) mass is 384 g/mol. The maximum Gasteiger partial charge on any atom is 0.230 e. The van der Waals surface area contributed by atoms with Crippen molar-refractivity contribution in [2.24, 2.45) is 0 Å². The average molecular weight is 384 g/mol. The molecule has 0 aliphatic rings. The fourth-order valence-corrected chi connectivity index (χ4v) is 3.24. The number of aromatic amines is 1. The van der Waals surface area contributed by atoms with E-state index in [0.717, 1.165) is 12.8 Å². The van der Waals surface area contributed by atoms with Crippen molar-refractivity contribution >= 4 is 17.7 Å². The van der Waals surface area contributed by atoms with Gasteiger partial charge in [0.2, 0.25) is 11.1 Å². The number of carbonyl (C=O) groups is 1. The molecule has 0 bridgehead atoms.